The Morgan fingerprint density at radius 1 is 1.24 bits per heavy atom. The molecule has 1 aliphatic rings. The summed E-state index contributed by atoms with van der Waals surface area (Å²) in [5, 5.41) is 0.938. The Hall–Kier alpha value is -1.86. The predicted octanol–water partition coefficient (Wildman–Crippen LogP) is 1.44. The number of pyridine rings is 1. The molecule has 0 radical (unpaired) electrons. The van der Waals surface area contributed by atoms with Gasteiger partial charge in [0.05, 0.1) is 30.7 Å². The number of nitrogens with one attached hydrogen (secondary N) is 1. The highest BCUT2D eigenvalue weighted by Gasteiger charge is 2.16. The molecule has 1 aromatic carbocycles. The molecular formula is C14H17N3O3S. The third-order valence-electron chi connectivity index (χ3n) is 3.39. The van der Waals surface area contributed by atoms with Crippen LogP contribution in [0.4, 0.5) is 11.4 Å². The van der Waals surface area contributed by atoms with E-state index in [0.29, 0.717) is 24.4 Å². The van der Waals surface area contributed by atoms with E-state index in [1.807, 2.05) is 18.2 Å². The number of morpholine rings is 1. The van der Waals surface area contributed by atoms with Crippen LogP contribution >= 0.6 is 0 Å². The molecule has 0 saturated carbocycles. The van der Waals surface area contributed by atoms with Gasteiger partial charge in [0.2, 0.25) is 10.0 Å². The van der Waals surface area contributed by atoms with Crippen molar-refractivity contribution in [2.75, 3.05) is 42.2 Å². The zero-order valence-electron chi connectivity index (χ0n) is 11.7. The molecule has 0 aliphatic carbocycles. The van der Waals surface area contributed by atoms with Gasteiger partial charge in [-0.2, -0.15) is 0 Å². The second-order valence-electron chi connectivity index (χ2n) is 5.01. The molecule has 1 saturated heterocycles. The van der Waals surface area contributed by atoms with E-state index in [0.717, 1.165) is 30.4 Å². The molecule has 2 heterocycles. The summed E-state index contributed by atoms with van der Waals surface area (Å²) in [7, 11) is -3.33. The molecule has 7 heteroatoms. The van der Waals surface area contributed by atoms with Gasteiger partial charge in [-0.3, -0.25) is 9.71 Å². The summed E-state index contributed by atoms with van der Waals surface area (Å²) in [6, 6.07) is 7.52. The van der Waals surface area contributed by atoms with Crippen LogP contribution in [0.5, 0.6) is 0 Å². The van der Waals surface area contributed by atoms with E-state index in [9.17, 15) is 8.42 Å². The molecule has 112 valence electrons. The third kappa shape index (κ3) is 3.08. The monoisotopic (exact) mass is 307 g/mol. The topological polar surface area (TPSA) is 71.5 Å². The van der Waals surface area contributed by atoms with Gasteiger partial charge in [0, 0.05) is 30.4 Å². The zero-order chi connectivity index (χ0) is 14.9. The van der Waals surface area contributed by atoms with Gasteiger partial charge in [-0.05, 0) is 24.3 Å². The van der Waals surface area contributed by atoms with Crippen LogP contribution in [0.15, 0.2) is 30.5 Å². The Morgan fingerprint density at radius 2 is 2.00 bits per heavy atom. The van der Waals surface area contributed by atoms with Gasteiger partial charge in [0.1, 0.15) is 0 Å². The molecular weight excluding hydrogens is 290 g/mol. The molecule has 1 aromatic heterocycles. The van der Waals surface area contributed by atoms with Crippen LogP contribution in [0, 0.1) is 0 Å². The second-order valence-corrected chi connectivity index (χ2v) is 6.75. The molecule has 0 amide bonds. The van der Waals surface area contributed by atoms with Crippen molar-refractivity contribution < 1.29 is 13.2 Å². The number of hydrogen-bond acceptors (Lipinski definition) is 5. The SMILES string of the molecule is CS(=O)(=O)Nc1ccc(N2CCOCC2)c2cccnc12. The van der Waals surface area contributed by atoms with E-state index >= 15 is 0 Å². The zero-order valence-corrected chi connectivity index (χ0v) is 12.6. The summed E-state index contributed by atoms with van der Waals surface area (Å²) in [6.45, 7) is 3.04. The number of fused-ring (bicyclic) bond motifs is 1. The highest BCUT2D eigenvalue weighted by atomic mass is 32.2. The Kier molecular flexibility index (Phi) is 3.69. The summed E-state index contributed by atoms with van der Waals surface area (Å²) in [4.78, 5) is 6.57. The second kappa shape index (κ2) is 5.50. The lowest BCUT2D eigenvalue weighted by atomic mass is 10.1. The van der Waals surface area contributed by atoms with Crippen molar-refractivity contribution in [2.45, 2.75) is 0 Å². The highest BCUT2D eigenvalue weighted by molar-refractivity contribution is 7.92. The third-order valence-corrected chi connectivity index (χ3v) is 3.98. The van der Waals surface area contributed by atoms with E-state index in [4.69, 9.17) is 4.74 Å². The van der Waals surface area contributed by atoms with Crippen LogP contribution in [0.3, 0.4) is 0 Å². The number of benzene rings is 1. The number of aromatic nitrogens is 1. The maximum absolute atomic E-state index is 11.5. The quantitative estimate of drug-likeness (QED) is 0.929. The van der Waals surface area contributed by atoms with Gasteiger partial charge in [-0.1, -0.05) is 0 Å². The first-order valence-corrected chi connectivity index (χ1v) is 8.62. The van der Waals surface area contributed by atoms with Crippen molar-refractivity contribution >= 4 is 32.3 Å². The fourth-order valence-electron chi connectivity index (χ4n) is 2.52. The first kappa shape index (κ1) is 14.1. The Morgan fingerprint density at radius 3 is 2.71 bits per heavy atom. The molecule has 0 bridgehead atoms. The maximum Gasteiger partial charge on any atom is 0.229 e. The van der Waals surface area contributed by atoms with E-state index in [1.54, 1.807) is 12.3 Å². The van der Waals surface area contributed by atoms with Crippen molar-refractivity contribution in [3.63, 3.8) is 0 Å². The molecule has 3 rings (SSSR count). The van der Waals surface area contributed by atoms with Gasteiger partial charge in [-0.25, -0.2) is 8.42 Å². The van der Waals surface area contributed by atoms with Crippen LogP contribution in [-0.4, -0.2) is 46.0 Å². The minimum atomic E-state index is -3.33. The summed E-state index contributed by atoms with van der Waals surface area (Å²) in [5.74, 6) is 0. The lowest BCUT2D eigenvalue weighted by Crippen LogP contribution is -2.36. The van der Waals surface area contributed by atoms with Crippen LogP contribution in [0.25, 0.3) is 10.9 Å². The number of ether oxygens (including phenoxy) is 1. The fraction of sp³-hybridized carbons (Fsp3) is 0.357. The maximum atomic E-state index is 11.5. The van der Waals surface area contributed by atoms with Gasteiger partial charge < -0.3 is 9.64 Å². The first-order chi connectivity index (χ1) is 10.0. The lowest BCUT2D eigenvalue weighted by Gasteiger charge is -2.30. The first-order valence-electron chi connectivity index (χ1n) is 6.73. The average molecular weight is 307 g/mol. The molecule has 1 N–H and O–H groups in total. The number of hydrogen-bond donors (Lipinski definition) is 1. The number of nitrogens with zero attached hydrogens (tertiary/aromatic N) is 2. The predicted molar refractivity (Wildman–Crippen MR) is 83.2 cm³/mol. The largest absolute Gasteiger partial charge is 0.378 e. The van der Waals surface area contributed by atoms with Crippen molar-refractivity contribution in [1.29, 1.82) is 0 Å². The molecule has 0 unspecified atom stereocenters. The summed E-state index contributed by atoms with van der Waals surface area (Å²) < 4.78 is 30.8. The van der Waals surface area contributed by atoms with Gasteiger partial charge in [-0.15, -0.1) is 0 Å². The van der Waals surface area contributed by atoms with Crippen molar-refractivity contribution in [2.24, 2.45) is 0 Å². The summed E-state index contributed by atoms with van der Waals surface area (Å²) in [6.07, 6.45) is 2.80. The van der Waals surface area contributed by atoms with E-state index in [2.05, 4.69) is 14.6 Å². The number of anilines is 2. The summed E-state index contributed by atoms with van der Waals surface area (Å²) in [5.41, 5.74) is 2.22. The minimum absolute atomic E-state index is 0.505. The molecule has 1 fully saturated rings. The Balaban J connectivity index is 2.10. The van der Waals surface area contributed by atoms with Crippen molar-refractivity contribution in [3.8, 4) is 0 Å². The van der Waals surface area contributed by atoms with Crippen LogP contribution in [0.1, 0.15) is 0 Å². The van der Waals surface area contributed by atoms with Gasteiger partial charge >= 0.3 is 0 Å². The number of rotatable bonds is 3. The smallest absolute Gasteiger partial charge is 0.229 e. The Labute approximate surface area is 123 Å². The highest BCUT2D eigenvalue weighted by Crippen LogP contribution is 2.31. The van der Waals surface area contributed by atoms with Crippen molar-refractivity contribution in [1.82, 2.24) is 4.98 Å². The molecule has 1 aliphatic heterocycles. The van der Waals surface area contributed by atoms with Gasteiger partial charge in [0.15, 0.2) is 0 Å². The standard InChI is InChI=1S/C14H17N3O3S/c1-21(18,19)16-12-4-5-13(17-7-9-20-10-8-17)11-3-2-6-15-14(11)12/h2-6,16H,7-10H2,1H3. The van der Waals surface area contributed by atoms with Crippen molar-refractivity contribution in [3.05, 3.63) is 30.5 Å². The molecule has 6 nitrogen and oxygen atoms in total. The summed E-state index contributed by atoms with van der Waals surface area (Å²) >= 11 is 0. The molecule has 21 heavy (non-hydrogen) atoms. The Bertz CT molecular complexity index is 755. The van der Waals surface area contributed by atoms with Crippen LogP contribution < -0.4 is 9.62 Å². The number of sulfonamides is 1. The molecule has 2 aromatic rings. The normalized spacial score (nSPS) is 16.1. The van der Waals surface area contributed by atoms with E-state index in [-0.39, 0.29) is 0 Å². The minimum Gasteiger partial charge on any atom is -0.378 e. The van der Waals surface area contributed by atoms with Gasteiger partial charge in [0.25, 0.3) is 0 Å². The lowest BCUT2D eigenvalue weighted by molar-refractivity contribution is 0.123. The fourth-order valence-corrected chi connectivity index (χ4v) is 3.08. The van der Waals surface area contributed by atoms with E-state index < -0.39 is 10.0 Å². The molecule has 0 spiro atoms. The average Bonchev–Trinajstić information content (AvgIpc) is 2.47. The molecule has 0 atom stereocenters. The van der Waals surface area contributed by atoms with E-state index in [1.165, 1.54) is 0 Å². The van der Waals surface area contributed by atoms with Crippen LogP contribution in [0.2, 0.25) is 0 Å². The van der Waals surface area contributed by atoms with Crippen LogP contribution in [-0.2, 0) is 14.8 Å².